The van der Waals surface area contributed by atoms with Gasteiger partial charge in [-0.15, -0.1) is 0 Å². The van der Waals surface area contributed by atoms with Gasteiger partial charge in [-0.25, -0.2) is 0 Å². The SMILES string of the molecule is Cc1ccc(C(=O)CCCC(C)C)c(Cl)c1O. The van der Waals surface area contributed by atoms with Gasteiger partial charge in [0.25, 0.3) is 0 Å². The highest BCUT2D eigenvalue weighted by Gasteiger charge is 2.14. The standard InChI is InChI=1S/C14H19ClO2/c1-9(2)5-4-6-12(16)11-8-7-10(3)14(17)13(11)15/h7-9,17H,4-6H2,1-3H3. The first-order chi connectivity index (χ1) is 7.93. The lowest BCUT2D eigenvalue weighted by Crippen LogP contribution is -2.01. The van der Waals surface area contributed by atoms with Crippen molar-refractivity contribution >= 4 is 17.4 Å². The summed E-state index contributed by atoms with van der Waals surface area (Å²) in [5.74, 6) is 0.622. The van der Waals surface area contributed by atoms with E-state index in [4.69, 9.17) is 11.6 Å². The fourth-order valence-corrected chi connectivity index (χ4v) is 2.00. The average Bonchev–Trinajstić information content (AvgIpc) is 2.25. The second kappa shape index (κ2) is 6.06. The molecule has 0 aliphatic carbocycles. The lowest BCUT2D eigenvalue weighted by atomic mass is 10.0. The maximum absolute atomic E-state index is 11.9. The molecule has 0 aliphatic heterocycles. The van der Waals surface area contributed by atoms with Crippen molar-refractivity contribution in [1.82, 2.24) is 0 Å². The second-order valence-corrected chi connectivity index (χ2v) is 5.18. The van der Waals surface area contributed by atoms with Crippen molar-refractivity contribution in [2.75, 3.05) is 0 Å². The summed E-state index contributed by atoms with van der Waals surface area (Å²) in [6.45, 7) is 6.03. The second-order valence-electron chi connectivity index (χ2n) is 4.80. The predicted octanol–water partition coefficient (Wildman–Crippen LogP) is 4.36. The van der Waals surface area contributed by atoms with E-state index in [1.807, 2.05) is 0 Å². The number of ketones is 1. The molecule has 17 heavy (non-hydrogen) atoms. The average molecular weight is 255 g/mol. The third-order valence-electron chi connectivity index (χ3n) is 2.80. The topological polar surface area (TPSA) is 37.3 Å². The molecule has 0 amide bonds. The summed E-state index contributed by atoms with van der Waals surface area (Å²) in [6.07, 6.45) is 2.38. The van der Waals surface area contributed by atoms with Gasteiger partial charge in [-0.1, -0.05) is 37.9 Å². The highest BCUT2D eigenvalue weighted by molar-refractivity contribution is 6.35. The molecule has 2 nitrogen and oxygen atoms in total. The molecule has 0 atom stereocenters. The number of rotatable bonds is 5. The Kier molecular flexibility index (Phi) is 5.01. The number of hydrogen-bond acceptors (Lipinski definition) is 2. The summed E-state index contributed by atoms with van der Waals surface area (Å²) >= 11 is 5.96. The molecule has 94 valence electrons. The minimum atomic E-state index is 0.00551. The van der Waals surface area contributed by atoms with Crippen LogP contribution in [0, 0.1) is 12.8 Å². The van der Waals surface area contributed by atoms with Crippen LogP contribution in [0.3, 0.4) is 0 Å². The van der Waals surface area contributed by atoms with Crippen molar-refractivity contribution in [2.24, 2.45) is 5.92 Å². The lowest BCUT2D eigenvalue weighted by molar-refractivity contribution is 0.0978. The Hall–Kier alpha value is -1.02. The molecule has 0 radical (unpaired) electrons. The molecule has 0 unspecified atom stereocenters. The summed E-state index contributed by atoms with van der Waals surface area (Å²) < 4.78 is 0. The highest BCUT2D eigenvalue weighted by atomic mass is 35.5. The molecule has 0 spiro atoms. The van der Waals surface area contributed by atoms with Gasteiger partial charge in [-0.05, 0) is 30.9 Å². The van der Waals surface area contributed by atoms with Crippen molar-refractivity contribution in [1.29, 1.82) is 0 Å². The van der Waals surface area contributed by atoms with E-state index in [1.54, 1.807) is 19.1 Å². The normalized spacial score (nSPS) is 10.9. The smallest absolute Gasteiger partial charge is 0.164 e. The van der Waals surface area contributed by atoms with E-state index in [0.717, 1.165) is 12.8 Å². The Morgan fingerprint density at radius 2 is 2.06 bits per heavy atom. The molecular weight excluding hydrogens is 236 g/mol. The largest absolute Gasteiger partial charge is 0.506 e. The Morgan fingerprint density at radius 1 is 1.41 bits per heavy atom. The van der Waals surface area contributed by atoms with Crippen LogP contribution < -0.4 is 0 Å². The van der Waals surface area contributed by atoms with E-state index in [9.17, 15) is 9.90 Å². The Bertz CT molecular complexity index is 411. The van der Waals surface area contributed by atoms with E-state index in [0.29, 0.717) is 23.5 Å². The summed E-state index contributed by atoms with van der Waals surface area (Å²) in [5.41, 5.74) is 1.12. The van der Waals surface area contributed by atoms with E-state index >= 15 is 0 Å². The van der Waals surface area contributed by atoms with Gasteiger partial charge in [0.1, 0.15) is 5.75 Å². The molecule has 0 aromatic heterocycles. The number of aryl methyl sites for hydroxylation is 1. The maximum atomic E-state index is 11.9. The number of Topliss-reactive ketones (excluding diaryl/α,β-unsaturated/α-hetero) is 1. The molecule has 1 N–H and O–H groups in total. The summed E-state index contributed by atoms with van der Waals surface area (Å²) in [4.78, 5) is 11.9. The van der Waals surface area contributed by atoms with Crippen LogP contribution >= 0.6 is 11.6 Å². The van der Waals surface area contributed by atoms with Crippen molar-refractivity contribution in [3.8, 4) is 5.75 Å². The molecule has 1 aromatic rings. The van der Waals surface area contributed by atoms with Gasteiger partial charge in [0, 0.05) is 12.0 Å². The van der Waals surface area contributed by atoms with Crippen LogP contribution in [0.2, 0.25) is 5.02 Å². The molecule has 0 saturated heterocycles. The molecule has 0 fully saturated rings. The van der Waals surface area contributed by atoms with Gasteiger partial charge in [0.15, 0.2) is 5.78 Å². The van der Waals surface area contributed by atoms with Crippen molar-refractivity contribution in [2.45, 2.75) is 40.0 Å². The third-order valence-corrected chi connectivity index (χ3v) is 3.19. The van der Waals surface area contributed by atoms with Crippen LogP contribution in [0.1, 0.15) is 49.0 Å². The number of aromatic hydroxyl groups is 1. The van der Waals surface area contributed by atoms with Gasteiger partial charge >= 0.3 is 0 Å². The predicted molar refractivity (Wildman–Crippen MR) is 70.9 cm³/mol. The minimum Gasteiger partial charge on any atom is -0.506 e. The van der Waals surface area contributed by atoms with E-state index in [2.05, 4.69) is 13.8 Å². The zero-order valence-electron chi connectivity index (χ0n) is 10.6. The van der Waals surface area contributed by atoms with Gasteiger partial charge in [-0.2, -0.15) is 0 Å². The highest BCUT2D eigenvalue weighted by Crippen LogP contribution is 2.31. The number of carbonyl (C=O) groups excluding carboxylic acids is 1. The van der Waals surface area contributed by atoms with E-state index in [-0.39, 0.29) is 16.6 Å². The summed E-state index contributed by atoms with van der Waals surface area (Å²) in [7, 11) is 0. The maximum Gasteiger partial charge on any atom is 0.164 e. The van der Waals surface area contributed by atoms with Gasteiger partial charge in [0.2, 0.25) is 0 Å². The van der Waals surface area contributed by atoms with E-state index in [1.165, 1.54) is 0 Å². The Labute approximate surface area is 108 Å². The molecule has 1 rings (SSSR count). The van der Waals surface area contributed by atoms with Gasteiger partial charge < -0.3 is 5.11 Å². The lowest BCUT2D eigenvalue weighted by Gasteiger charge is -2.08. The summed E-state index contributed by atoms with van der Waals surface area (Å²) in [6, 6.07) is 3.41. The Balaban J connectivity index is 2.73. The van der Waals surface area contributed by atoms with Crippen LogP contribution in [0.5, 0.6) is 5.75 Å². The zero-order valence-corrected chi connectivity index (χ0v) is 11.3. The summed E-state index contributed by atoms with van der Waals surface area (Å²) in [5, 5.41) is 9.85. The first kappa shape index (κ1) is 14.0. The quantitative estimate of drug-likeness (QED) is 0.793. The van der Waals surface area contributed by atoms with Crippen molar-refractivity contribution in [3.63, 3.8) is 0 Å². The van der Waals surface area contributed by atoms with Crippen LogP contribution in [-0.2, 0) is 0 Å². The fraction of sp³-hybridized carbons (Fsp3) is 0.500. The van der Waals surface area contributed by atoms with Crippen LogP contribution in [0.25, 0.3) is 0 Å². The number of benzene rings is 1. The third kappa shape index (κ3) is 3.74. The Morgan fingerprint density at radius 3 is 2.65 bits per heavy atom. The van der Waals surface area contributed by atoms with E-state index < -0.39 is 0 Å². The van der Waals surface area contributed by atoms with Crippen molar-refractivity contribution < 1.29 is 9.90 Å². The fourth-order valence-electron chi connectivity index (χ4n) is 1.68. The number of phenols is 1. The number of hydrogen-bond donors (Lipinski definition) is 1. The number of phenolic OH excluding ortho intramolecular Hbond substituents is 1. The van der Waals surface area contributed by atoms with Crippen molar-refractivity contribution in [3.05, 3.63) is 28.3 Å². The molecule has 0 saturated carbocycles. The zero-order chi connectivity index (χ0) is 13.0. The first-order valence-electron chi connectivity index (χ1n) is 5.94. The van der Waals surface area contributed by atoms with Crippen LogP contribution in [0.4, 0.5) is 0 Å². The van der Waals surface area contributed by atoms with Gasteiger partial charge in [0.05, 0.1) is 5.02 Å². The molecular formula is C14H19ClO2. The van der Waals surface area contributed by atoms with Crippen LogP contribution in [0.15, 0.2) is 12.1 Å². The molecule has 0 aliphatic rings. The van der Waals surface area contributed by atoms with Gasteiger partial charge in [-0.3, -0.25) is 4.79 Å². The molecule has 0 heterocycles. The molecule has 0 bridgehead atoms. The number of halogens is 1. The monoisotopic (exact) mass is 254 g/mol. The first-order valence-corrected chi connectivity index (χ1v) is 6.32. The molecule has 3 heteroatoms. The molecule has 1 aromatic carbocycles. The number of carbonyl (C=O) groups is 1. The van der Waals surface area contributed by atoms with Crippen LogP contribution in [-0.4, -0.2) is 10.9 Å². The minimum absolute atomic E-state index is 0.00551.